The maximum atomic E-state index is 13.1. The van der Waals surface area contributed by atoms with Crippen molar-refractivity contribution < 1.29 is 22.3 Å². The Morgan fingerprint density at radius 1 is 1.06 bits per heavy atom. The van der Waals surface area contributed by atoms with Gasteiger partial charge in [-0.05, 0) is 66.9 Å². The quantitative estimate of drug-likeness (QED) is 0.569. The number of benzene rings is 1. The molecule has 10 heteroatoms. The van der Waals surface area contributed by atoms with Crippen LogP contribution in [0.15, 0.2) is 72.0 Å². The third-order valence-electron chi connectivity index (χ3n) is 5.43. The number of pyridine rings is 2. The van der Waals surface area contributed by atoms with Crippen LogP contribution >= 0.6 is 0 Å². The molecular weight excluding hydrogens is 447 g/mol. The molecule has 1 saturated heterocycles. The number of halogens is 1. The number of hydrogen-bond donors (Lipinski definition) is 1. The summed E-state index contributed by atoms with van der Waals surface area (Å²) >= 11 is 0. The largest absolute Gasteiger partial charge is 0.485 e. The highest BCUT2D eigenvalue weighted by Crippen LogP contribution is 2.27. The highest BCUT2D eigenvalue weighted by Gasteiger charge is 2.32. The molecule has 1 fully saturated rings. The summed E-state index contributed by atoms with van der Waals surface area (Å²) in [7, 11) is -3.73. The monoisotopic (exact) mass is 470 g/mol. The molecule has 0 atom stereocenters. The number of amides is 1. The number of ether oxygens (including phenoxy) is 1. The van der Waals surface area contributed by atoms with Gasteiger partial charge in [0.1, 0.15) is 12.4 Å². The Morgan fingerprint density at radius 2 is 1.76 bits per heavy atom. The molecular formula is C23H23FN4O4S. The normalized spacial score (nSPS) is 15.2. The summed E-state index contributed by atoms with van der Waals surface area (Å²) in [5.74, 6) is -0.333. The maximum Gasteiger partial charge on any atom is 0.243 e. The highest BCUT2D eigenvalue weighted by molar-refractivity contribution is 7.89. The van der Waals surface area contributed by atoms with E-state index >= 15 is 0 Å². The zero-order valence-electron chi connectivity index (χ0n) is 17.7. The molecule has 33 heavy (non-hydrogen) atoms. The van der Waals surface area contributed by atoms with Crippen molar-refractivity contribution >= 4 is 21.7 Å². The summed E-state index contributed by atoms with van der Waals surface area (Å²) in [6.45, 7) is 0.702. The average molecular weight is 471 g/mol. The van der Waals surface area contributed by atoms with Gasteiger partial charge in [-0.15, -0.1) is 0 Å². The van der Waals surface area contributed by atoms with E-state index in [1.165, 1.54) is 16.4 Å². The van der Waals surface area contributed by atoms with Crippen molar-refractivity contribution in [3.05, 3.63) is 78.5 Å². The van der Waals surface area contributed by atoms with E-state index in [2.05, 4.69) is 15.3 Å². The van der Waals surface area contributed by atoms with Gasteiger partial charge in [-0.1, -0.05) is 0 Å². The molecule has 0 spiro atoms. The second-order valence-electron chi connectivity index (χ2n) is 7.62. The minimum absolute atomic E-state index is 0.0382. The molecule has 0 bridgehead atoms. The predicted molar refractivity (Wildman–Crippen MR) is 119 cm³/mol. The first-order chi connectivity index (χ1) is 15.9. The second kappa shape index (κ2) is 10.1. The number of piperidine rings is 1. The summed E-state index contributed by atoms with van der Waals surface area (Å²) in [5, 5.41) is 2.81. The standard InChI is InChI=1S/C23H23FN4O4S/c24-19-3-5-20(6-4-19)33(30,31)28-14-9-18(10-15-28)23(29)27-22-21(2-1-11-26-22)32-16-17-7-12-25-13-8-17/h1-8,11-13,18H,9-10,14-16H2,(H,26,27,29). The number of nitrogens with one attached hydrogen (secondary N) is 1. The van der Waals surface area contributed by atoms with Crippen molar-refractivity contribution in [3.63, 3.8) is 0 Å². The summed E-state index contributed by atoms with van der Waals surface area (Å²) in [5.41, 5.74) is 0.931. The predicted octanol–water partition coefficient (Wildman–Crippen LogP) is 3.23. The van der Waals surface area contributed by atoms with Crippen LogP contribution in [0.3, 0.4) is 0 Å². The lowest BCUT2D eigenvalue weighted by molar-refractivity contribution is -0.120. The lowest BCUT2D eigenvalue weighted by Crippen LogP contribution is -2.41. The van der Waals surface area contributed by atoms with Crippen LogP contribution in [-0.2, 0) is 21.4 Å². The van der Waals surface area contributed by atoms with Gasteiger partial charge in [0.2, 0.25) is 15.9 Å². The van der Waals surface area contributed by atoms with E-state index in [1.807, 2.05) is 12.1 Å². The van der Waals surface area contributed by atoms with Crippen LogP contribution in [0.2, 0.25) is 0 Å². The number of aromatic nitrogens is 2. The topological polar surface area (TPSA) is 101 Å². The fourth-order valence-corrected chi connectivity index (χ4v) is 5.04. The van der Waals surface area contributed by atoms with Crippen LogP contribution in [-0.4, -0.2) is 41.7 Å². The average Bonchev–Trinajstić information content (AvgIpc) is 2.84. The summed E-state index contributed by atoms with van der Waals surface area (Å²) < 4.78 is 45.8. The van der Waals surface area contributed by atoms with Gasteiger partial charge in [-0.2, -0.15) is 4.31 Å². The van der Waals surface area contributed by atoms with E-state index < -0.39 is 15.8 Å². The van der Waals surface area contributed by atoms with Gasteiger partial charge in [-0.3, -0.25) is 9.78 Å². The number of hydrogen-bond acceptors (Lipinski definition) is 6. The Bertz CT molecular complexity index is 1200. The third kappa shape index (κ3) is 5.52. The van der Waals surface area contributed by atoms with E-state index in [0.717, 1.165) is 17.7 Å². The molecule has 2 aromatic heterocycles. The molecule has 3 aromatic rings. The smallest absolute Gasteiger partial charge is 0.243 e. The lowest BCUT2D eigenvalue weighted by Gasteiger charge is -2.30. The van der Waals surface area contributed by atoms with Crippen molar-refractivity contribution in [2.75, 3.05) is 18.4 Å². The lowest BCUT2D eigenvalue weighted by atomic mass is 9.97. The molecule has 0 unspecified atom stereocenters. The molecule has 4 rings (SSSR count). The van der Waals surface area contributed by atoms with Gasteiger partial charge < -0.3 is 10.1 Å². The first kappa shape index (κ1) is 22.8. The minimum Gasteiger partial charge on any atom is -0.485 e. The molecule has 172 valence electrons. The van der Waals surface area contributed by atoms with Gasteiger partial charge in [0.05, 0.1) is 4.90 Å². The molecule has 1 aromatic carbocycles. The number of rotatable bonds is 7. The van der Waals surface area contributed by atoms with Crippen molar-refractivity contribution in [2.24, 2.45) is 5.92 Å². The van der Waals surface area contributed by atoms with Crippen LogP contribution in [0.5, 0.6) is 5.75 Å². The molecule has 3 heterocycles. The van der Waals surface area contributed by atoms with Crippen LogP contribution in [0.4, 0.5) is 10.2 Å². The van der Waals surface area contributed by atoms with Crippen molar-refractivity contribution in [2.45, 2.75) is 24.3 Å². The van der Waals surface area contributed by atoms with Gasteiger partial charge in [0, 0.05) is 37.6 Å². The van der Waals surface area contributed by atoms with Crippen molar-refractivity contribution in [1.29, 1.82) is 0 Å². The second-order valence-corrected chi connectivity index (χ2v) is 9.55. The summed E-state index contributed by atoms with van der Waals surface area (Å²) in [6, 6.07) is 11.8. The Morgan fingerprint density at radius 3 is 2.45 bits per heavy atom. The van der Waals surface area contributed by atoms with Gasteiger partial charge >= 0.3 is 0 Å². The molecule has 1 amide bonds. The van der Waals surface area contributed by atoms with Gasteiger partial charge in [0.15, 0.2) is 11.6 Å². The summed E-state index contributed by atoms with van der Waals surface area (Å²) in [6.07, 6.45) is 5.64. The molecule has 1 aliphatic rings. The maximum absolute atomic E-state index is 13.1. The van der Waals surface area contributed by atoms with Crippen molar-refractivity contribution in [1.82, 2.24) is 14.3 Å². The molecule has 1 N–H and O–H groups in total. The van der Waals surface area contributed by atoms with Crippen LogP contribution in [0.1, 0.15) is 18.4 Å². The van der Waals surface area contributed by atoms with Crippen LogP contribution in [0, 0.1) is 11.7 Å². The van der Waals surface area contributed by atoms with Crippen LogP contribution < -0.4 is 10.1 Å². The van der Waals surface area contributed by atoms with E-state index in [-0.39, 0.29) is 29.8 Å². The number of carbonyl (C=O) groups is 1. The molecule has 8 nitrogen and oxygen atoms in total. The first-order valence-electron chi connectivity index (χ1n) is 10.5. The van der Waals surface area contributed by atoms with E-state index in [9.17, 15) is 17.6 Å². The van der Waals surface area contributed by atoms with E-state index in [4.69, 9.17) is 4.74 Å². The van der Waals surface area contributed by atoms with Gasteiger partial charge in [0.25, 0.3) is 0 Å². The fraction of sp³-hybridized carbons (Fsp3) is 0.261. The third-order valence-corrected chi connectivity index (χ3v) is 7.34. The Labute approximate surface area is 191 Å². The minimum atomic E-state index is -3.73. The van der Waals surface area contributed by atoms with Gasteiger partial charge in [-0.25, -0.2) is 17.8 Å². The van der Waals surface area contributed by atoms with Crippen LogP contribution in [0.25, 0.3) is 0 Å². The SMILES string of the molecule is O=C(Nc1ncccc1OCc1ccncc1)C1CCN(S(=O)(=O)c2ccc(F)cc2)CC1. The zero-order chi connectivity index (χ0) is 23.3. The highest BCUT2D eigenvalue weighted by atomic mass is 32.2. The first-order valence-corrected chi connectivity index (χ1v) is 11.9. The Balaban J connectivity index is 1.35. The Hall–Kier alpha value is -3.37. The molecule has 0 saturated carbocycles. The molecule has 0 radical (unpaired) electrons. The molecule has 0 aliphatic carbocycles. The Kier molecular flexibility index (Phi) is 6.95. The van der Waals surface area contributed by atoms with E-state index in [0.29, 0.717) is 31.0 Å². The number of anilines is 1. The zero-order valence-corrected chi connectivity index (χ0v) is 18.5. The molecule has 1 aliphatic heterocycles. The van der Waals surface area contributed by atoms with E-state index in [1.54, 1.807) is 30.7 Å². The number of nitrogens with zero attached hydrogens (tertiary/aromatic N) is 3. The van der Waals surface area contributed by atoms with Crippen molar-refractivity contribution in [3.8, 4) is 5.75 Å². The summed E-state index contributed by atoms with van der Waals surface area (Å²) in [4.78, 5) is 21.1. The number of sulfonamides is 1. The number of carbonyl (C=O) groups excluding carboxylic acids is 1. The fourth-order valence-electron chi connectivity index (χ4n) is 3.57.